The first-order valence-electron chi connectivity index (χ1n) is 5.36. The fraction of sp³-hybridized carbons (Fsp3) is 0.0833. The lowest BCUT2D eigenvalue weighted by molar-refractivity contribution is -0.385. The van der Waals surface area contributed by atoms with E-state index in [0.717, 1.165) is 5.56 Å². The molecule has 0 spiro atoms. The molecule has 7 heteroatoms. The highest BCUT2D eigenvalue weighted by atomic mass is 79.9. The van der Waals surface area contributed by atoms with Gasteiger partial charge in [0.1, 0.15) is 5.75 Å². The molecule has 0 aliphatic carbocycles. The first kappa shape index (κ1) is 13.4. The Hall–Kier alpha value is -1.99. The Kier molecular flexibility index (Phi) is 4.08. The summed E-state index contributed by atoms with van der Waals surface area (Å²) in [5.74, 6) is 0.567. The molecule has 2 N–H and O–H groups in total. The molecule has 0 aliphatic rings. The number of nitro benzene ring substituents is 1. The molecule has 0 saturated carbocycles. The average molecular weight is 324 g/mol. The number of benzene rings is 1. The summed E-state index contributed by atoms with van der Waals surface area (Å²) in [5.41, 5.74) is 6.17. The average Bonchev–Trinajstić information content (AvgIpc) is 2.41. The number of nitro groups is 1. The summed E-state index contributed by atoms with van der Waals surface area (Å²) in [7, 11) is 0. The van der Waals surface area contributed by atoms with Crippen molar-refractivity contribution < 1.29 is 9.66 Å². The van der Waals surface area contributed by atoms with Crippen molar-refractivity contribution >= 4 is 21.6 Å². The van der Waals surface area contributed by atoms with E-state index in [1.165, 1.54) is 18.3 Å². The first-order valence-corrected chi connectivity index (χ1v) is 6.15. The van der Waals surface area contributed by atoms with Gasteiger partial charge in [-0.2, -0.15) is 0 Å². The first-order chi connectivity index (χ1) is 9.10. The molecule has 0 fully saturated rings. The lowest BCUT2D eigenvalue weighted by Crippen LogP contribution is -1.98. The van der Waals surface area contributed by atoms with Crippen molar-refractivity contribution in [3.63, 3.8) is 0 Å². The van der Waals surface area contributed by atoms with E-state index >= 15 is 0 Å². The number of nitrogens with two attached hydrogens (primary N) is 1. The SMILES string of the molecule is NCc1cncc(Oc2ccc(Br)cc2[N+](=O)[O-])c1. The number of ether oxygens (including phenoxy) is 1. The molecule has 2 rings (SSSR count). The summed E-state index contributed by atoms with van der Waals surface area (Å²) in [4.78, 5) is 14.4. The van der Waals surface area contributed by atoms with Gasteiger partial charge in [0.15, 0.2) is 0 Å². The minimum atomic E-state index is -0.500. The molecular weight excluding hydrogens is 314 g/mol. The summed E-state index contributed by atoms with van der Waals surface area (Å²) in [5, 5.41) is 11.0. The van der Waals surface area contributed by atoms with Crippen LogP contribution in [0.15, 0.2) is 41.1 Å². The second-order valence-corrected chi connectivity index (χ2v) is 4.62. The Morgan fingerprint density at radius 3 is 2.84 bits per heavy atom. The number of halogens is 1. The van der Waals surface area contributed by atoms with E-state index in [1.807, 2.05) is 0 Å². The predicted molar refractivity (Wildman–Crippen MR) is 73.0 cm³/mol. The lowest BCUT2D eigenvalue weighted by atomic mass is 10.2. The number of hydrogen-bond acceptors (Lipinski definition) is 5. The van der Waals surface area contributed by atoms with Crippen molar-refractivity contribution in [1.82, 2.24) is 4.98 Å². The van der Waals surface area contributed by atoms with E-state index in [4.69, 9.17) is 10.5 Å². The van der Waals surface area contributed by atoms with Crippen molar-refractivity contribution in [3.05, 3.63) is 56.8 Å². The highest BCUT2D eigenvalue weighted by molar-refractivity contribution is 9.10. The zero-order valence-corrected chi connectivity index (χ0v) is 11.3. The Balaban J connectivity index is 2.34. The smallest absolute Gasteiger partial charge is 0.312 e. The van der Waals surface area contributed by atoms with Crippen molar-refractivity contribution in [3.8, 4) is 11.5 Å². The Morgan fingerprint density at radius 1 is 1.37 bits per heavy atom. The van der Waals surface area contributed by atoms with Crippen molar-refractivity contribution in [2.45, 2.75) is 6.54 Å². The fourth-order valence-corrected chi connectivity index (χ4v) is 1.83. The number of pyridine rings is 1. The largest absolute Gasteiger partial charge is 0.448 e. The molecule has 2 aromatic rings. The van der Waals surface area contributed by atoms with Gasteiger partial charge in [0, 0.05) is 23.3 Å². The van der Waals surface area contributed by atoms with Crippen LogP contribution in [-0.2, 0) is 6.54 Å². The summed E-state index contributed by atoms with van der Waals surface area (Å²) < 4.78 is 6.10. The van der Waals surface area contributed by atoms with Crippen LogP contribution in [0.1, 0.15) is 5.56 Å². The molecule has 0 bridgehead atoms. The third-order valence-corrected chi connectivity index (χ3v) is 2.84. The minimum absolute atomic E-state index is 0.118. The standard InChI is InChI=1S/C12H10BrN3O3/c13-9-1-2-12(11(4-9)16(17)18)19-10-3-8(5-14)6-15-7-10/h1-4,6-7H,5,14H2. The molecule has 0 aliphatic heterocycles. The maximum absolute atomic E-state index is 11.0. The number of rotatable bonds is 4. The summed E-state index contributed by atoms with van der Waals surface area (Å²) in [6.07, 6.45) is 3.09. The molecule has 1 aromatic heterocycles. The molecule has 0 radical (unpaired) electrons. The summed E-state index contributed by atoms with van der Waals surface area (Å²) in [6.45, 7) is 0.326. The zero-order chi connectivity index (χ0) is 13.8. The predicted octanol–water partition coefficient (Wildman–Crippen LogP) is 3.00. The van der Waals surface area contributed by atoms with E-state index in [2.05, 4.69) is 20.9 Å². The van der Waals surface area contributed by atoms with E-state index in [-0.39, 0.29) is 11.4 Å². The van der Waals surface area contributed by atoms with Gasteiger partial charge in [-0.3, -0.25) is 15.1 Å². The lowest BCUT2D eigenvalue weighted by Gasteiger charge is -2.07. The van der Waals surface area contributed by atoms with Gasteiger partial charge in [0.05, 0.1) is 11.1 Å². The number of hydrogen-bond donors (Lipinski definition) is 1. The molecule has 0 saturated heterocycles. The second kappa shape index (κ2) is 5.77. The van der Waals surface area contributed by atoms with Gasteiger partial charge in [-0.05, 0) is 23.8 Å². The molecule has 1 aromatic carbocycles. The molecule has 19 heavy (non-hydrogen) atoms. The molecule has 0 unspecified atom stereocenters. The highest BCUT2D eigenvalue weighted by Gasteiger charge is 2.16. The van der Waals surface area contributed by atoms with Gasteiger partial charge < -0.3 is 10.5 Å². The monoisotopic (exact) mass is 323 g/mol. The van der Waals surface area contributed by atoms with Gasteiger partial charge in [0.2, 0.25) is 5.75 Å². The quantitative estimate of drug-likeness (QED) is 0.689. The van der Waals surface area contributed by atoms with Gasteiger partial charge >= 0.3 is 5.69 Å². The van der Waals surface area contributed by atoms with Crippen LogP contribution in [0.4, 0.5) is 5.69 Å². The van der Waals surface area contributed by atoms with E-state index in [0.29, 0.717) is 16.8 Å². The molecular formula is C12H10BrN3O3. The van der Waals surface area contributed by atoms with Gasteiger partial charge in [-0.15, -0.1) is 0 Å². The van der Waals surface area contributed by atoms with Crippen LogP contribution < -0.4 is 10.5 Å². The number of aromatic nitrogens is 1. The summed E-state index contributed by atoms with van der Waals surface area (Å²) >= 11 is 3.18. The van der Waals surface area contributed by atoms with Crippen LogP contribution in [0.25, 0.3) is 0 Å². The van der Waals surface area contributed by atoms with E-state index in [9.17, 15) is 10.1 Å². The Labute approximate surface area is 117 Å². The third-order valence-electron chi connectivity index (χ3n) is 2.35. The Bertz CT molecular complexity index is 619. The van der Waals surface area contributed by atoms with Gasteiger partial charge in [0.25, 0.3) is 0 Å². The molecule has 1 heterocycles. The van der Waals surface area contributed by atoms with Crippen LogP contribution in [-0.4, -0.2) is 9.91 Å². The van der Waals surface area contributed by atoms with Crippen LogP contribution in [0, 0.1) is 10.1 Å². The normalized spacial score (nSPS) is 10.2. The van der Waals surface area contributed by atoms with Crippen LogP contribution in [0.3, 0.4) is 0 Å². The van der Waals surface area contributed by atoms with Crippen LogP contribution >= 0.6 is 15.9 Å². The van der Waals surface area contributed by atoms with E-state index in [1.54, 1.807) is 18.3 Å². The maximum Gasteiger partial charge on any atom is 0.312 e. The topological polar surface area (TPSA) is 91.3 Å². The van der Waals surface area contributed by atoms with Gasteiger partial charge in [-0.1, -0.05) is 15.9 Å². The van der Waals surface area contributed by atoms with Gasteiger partial charge in [-0.25, -0.2) is 0 Å². The summed E-state index contributed by atoms with van der Waals surface area (Å²) in [6, 6.07) is 6.27. The second-order valence-electron chi connectivity index (χ2n) is 3.70. The van der Waals surface area contributed by atoms with Crippen molar-refractivity contribution in [2.75, 3.05) is 0 Å². The van der Waals surface area contributed by atoms with E-state index < -0.39 is 4.92 Å². The van der Waals surface area contributed by atoms with Crippen molar-refractivity contribution in [1.29, 1.82) is 0 Å². The Morgan fingerprint density at radius 2 is 2.16 bits per heavy atom. The zero-order valence-electron chi connectivity index (χ0n) is 9.75. The van der Waals surface area contributed by atoms with Crippen LogP contribution in [0.2, 0.25) is 0 Å². The minimum Gasteiger partial charge on any atom is -0.448 e. The fourth-order valence-electron chi connectivity index (χ4n) is 1.48. The highest BCUT2D eigenvalue weighted by Crippen LogP contribution is 2.33. The number of nitrogens with zero attached hydrogens (tertiary/aromatic N) is 2. The molecule has 98 valence electrons. The maximum atomic E-state index is 11.0. The molecule has 0 amide bonds. The molecule has 0 atom stereocenters. The third kappa shape index (κ3) is 3.27. The van der Waals surface area contributed by atoms with Crippen LogP contribution in [0.5, 0.6) is 11.5 Å². The molecule has 6 nitrogen and oxygen atoms in total. The van der Waals surface area contributed by atoms with Crippen molar-refractivity contribution in [2.24, 2.45) is 5.73 Å².